The maximum absolute atomic E-state index is 8.82. The van der Waals surface area contributed by atoms with Crippen LogP contribution in [0.5, 0.6) is 5.75 Å². The Hall–Kier alpha value is -1.39. The Bertz CT molecular complexity index is 517. The molecule has 0 aliphatic heterocycles. The number of ether oxygens (including phenoxy) is 1. The second-order valence-electron chi connectivity index (χ2n) is 3.29. The van der Waals surface area contributed by atoms with Crippen LogP contribution in [-0.2, 0) is 6.42 Å². The molecule has 0 saturated heterocycles. The molecule has 0 fully saturated rings. The lowest BCUT2D eigenvalue weighted by Crippen LogP contribution is -1.99. The molecule has 1 aromatic heterocycles. The Morgan fingerprint density at radius 2 is 2.19 bits per heavy atom. The first-order valence-corrected chi connectivity index (χ1v) is 5.23. The van der Waals surface area contributed by atoms with E-state index >= 15 is 0 Å². The number of aliphatic hydroxyl groups excluding tert-OH is 1. The molecule has 16 heavy (non-hydrogen) atoms. The summed E-state index contributed by atoms with van der Waals surface area (Å²) in [6.07, 6.45) is 0.404. The summed E-state index contributed by atoms with van der Waals surface area (Å²) in [5.74, 6) is 1.26. The number of methoxy groups -OCH3 is 1. The van der Waals surface area contributed by atoms with Gasteiger partial charge in [0.15, 0.2) is 0 Å². The highest BCUT2D eigenvalue weighted by atomic mass is 35.5. The average molecular weight is 239 g/mol. The lowest BCUT2D eigenvalue weighted by molar-refractivity contribution is 0.297. The minimum atomic E-state index is 0.0119. The average Bonchev–Trinajstić information content (AvgIpc) is 2.29. The minimum absolute atomic E-state index is 0.0119. The van der Waals surface area contributed by atoms with Crippen molar-refractivity contribution in [1.29, 1.82) is 0 Å². The highest BCUT2D eigenvalue weighted by Crippen LogP contribution is 2.24. The lowest BCUT2D eigenvalue weighted by Gasteiger charge is -2.05. The van der Waals surface area contributed by atoms with Crippen molar-refractivity contribution in [2.75, 3.05) is 13.7 Å². The monoisotopic (exact) mass is 238 g/mol. The van der Waals surface area contributed by atoms with Gasteiger partial charge in [0.1, 0.15) is 16.7 Å². The van der Waals surface area contributed by atoms with E-state index in [9.17, 15) is 0 Å². The van der Waals surface area contributed by atoms with Gasteiger partial charge in [0.25, 0.3) is 0 Å². The molecule has 0 amide bonds. The first kappa shape index (κ1) is 11.1. The number of nitrogens with zero attached hydrogens (tertiary/aromatic N) is 2. The zero-order chi connectivity index (χ0) is 11.5. The molecule has 0 aliphatic carbocycles. The minimum Gasteiger partial charge on any atom is -0.497 e. The van der Waals surface area contributed by atoms with E-state index in [4.69, 9.17) is 21.4 Å². The molecule has 2 aromatic rings. The van der Waals surface area contributed by atoms with Gasteiger partial charge in [-0.3, -0.25) is 0 Å². The Morgan fingerprint density at radius 3 is 2.88 bits per heavy atom. The van der Waals surface area contributed by atoms with E-state index in [1.807, 2.05) is 12.1 Å². The molecule has 0 saturated carbocycles. The molecule has 84 valence electrons. The Kier molecular flexibility index (Phi) is 3.22. The summed E-state index contributed by atoms with van der Waals surface area (Å²) in [6.45, 7) is 0.0119. The molecule has 1 N–H and O–H groups in total. The van der Waals surface area contributed by atoms with Crippen molar-refractivity contribution >= 4 is 22.5 Å². The van der Waals surface area contributed by atoms with Gasteiger partial charge in [-0.25, -0.2) is 9.97 Å². The van der Waals surface area contributed by atoms with Crippen molar-refractivity contribution < 1.29 is 9.84 Å². The smallest absolute Gasteiger partial charge is 0.140 e. The van der Waals surface area contributed by atoms with Crippen LogP contribution in [0.2, 0.25) is 5.15 Å². The standard InChI is InChI=1S/C11H11ClN2O2/c1-16-7-2-3-9-8(6-7)11(12)14-10(13-9)4-5-15/h2-3,6,15H,4-5H2,1H3. The molecular weight excluding hydrogens is 228 g/mol. The van der Waals surface area contributed by atoms with E-state index in [1.165, 1.54) is 0 Å². The van der Waals surface area contributed by atoms with Crippen LogP contribution in [0, 0.1) is 0 Å². The first-order valence-electron chi connectivity index (χ1n) is 4.85. The molecule has 0 bridgehead atoms. The van der Waals surface area contributed by atoms with E-state index in [2.05, 4.69) is 9.97 Å². The van der Waals surface area contributed by atoms with Crippen LogP contribution < -0.4 is 4.74 Å². The van der Waals surface area contributed by atoms with E-state index in [1.54, 1.807) is 13.2 Å². The van der Waals surface area contributed by atoms with Crippen LogP contribution in [-0.4, -0.2) is 28.8 Å². The summed E-state index contributed by atoms with van der Waals surface area (Å²) in [6, 6.07) is 5.43. The Labute approximate surface area is 97.9 Å². The van der Waals surface area contributed by atoms with Gasteiger partial charge in [-0.1, -0.05) is 11.6 Å². The van der Waals surface area contributed by atoms with Crippen molar-refractivity contribution in [3.8, 4) is 5.75 Å². The number of hydrogen-bond acceptors (Lipinski definition) is 4. The maximum Gasteiger partial charge on any atom is 0.140 e. The molecule has 0 radical (unpaired) electrons. The third-order valence-corrected chi connectivity index (χ3v) is 2.53. The van der Waals surface area contributed by atoms with Crippen LogP contribution in [0.15, 0.2) is 18.2 Å². The normalized spacial score (nSPS) is 10.7. The van der Waals surface area contributed by atoms with Gasteiger partial charge < -0.3 is 9.84 Å². The maximum atomic E-state index is 8.82. The summed E-state index contributed by atoms with van der Waals surface area (Å²) in [4.78, 5) is 8.40. The second-order valence-corrected chi connectivity index (χ2v) is 3.65. The summed E-state index contributed by atoms with van der Waals surface area (Å²) in [5, 5.41) is 9.96. The number of hydrogen-bond donors (Lipinski definition) is 1. The predicted octanol–water partition coefficient (Wildman–Crippen LogP) is 1.83. The van der Waals surface area contributed by atoms with E-state index in [-0.39, 0.29) is 6.61 Å². The molecule has 0 aliphatic rings. The quantitative estimate of drug-likeness (QED) is 0.829. The van der Waals surface area contributed by atoms with Crippen molar-refractivity contribution in [3.05, 3.63) is 29.2 Å². The van der Waals surface area contributed by atoms with Crippen molar-refractivity contribution in [2.45, 2.75) is 6.42 Å². The molecule has 0 unspecified atom stereocenters. The number of rotatable bonds is 3. The summed E-state index contributed by atoms with van der Waals surface area (Å²) in [7, 11) is 1.59. The van der Waals surface area contributed by atoms with Gasteiger partial charge in [0, 0.05) is 11.8 Å². The number of benzene rings is 1. The Morgan fingerprint density at radius 1 is 1.38 bits per heavy atom. The molecule has 4 nitrogen and oxygen atoms in total. The van der Waals surface area contributed by atoms with Gasteiger partial charge >= 0.3 is 0 Å². The third kappa shape index (κ3) is 2.08. The summed E-state index contributed by atoms with van der Waals surface area (Å²) >= 11 is 6.04. The van der Waals surface area contributed by atoms with Gasteiger partial charge in [-0.15, -0.1) is 0 Å². The SMILES string of the molecule is COc1ccc2nc(CCO)nc(Cl)c2c1. The predicted molar refractivity (Wildman–Crippen MR) is 61.9 cm³/mol. The zero-order valence-corrected chi connectivity index (χ0v) is 9.53. The molecule has 5 heteroatoms. The van der Waals surface area contributed by atoms with Crippen molar-refractivity contribution in [2.24, 2.45) is 0 Å². The zero-order valence-electron chi connectivity index (χ0n) is 8.77. The van der Waals surface area contributed by atoms with Crippen LogP contribution >= 0.6 is 11.6 Å². The van der Waals surface area contributed by atoms with Gasteiger partial charge in [0.05, 0.1) is 19.2 Å². The number of aliphatic hydroxyl groups is 1. The first-order chi connectivity index (χ1) is 7.74. The molecule has 1 heterocycles. The number of halogens is 1. The molecule has 1 aromatic carbocycles. The van der Waals surface area contributed by atoms with Crippen LogP contribution in [0.25, 0.3) is 10.9 Å². The van der Waals surface area contributed by atoms with E-state index in [0.29, 0.717) is 23.1 Å². The van der Waals surface area contributed by atoms with Crippen LogP contribution in [0.4, 0.5) is 0 Å². The number of fused-ring (bicyclic) bond motifs is 1. The van der Waals surface area contributed by atoms with E-state index in [0.717, 1.165) is 10.9 Å². The molecule has 2 rings (SSSR count). The molecule has 0 spiro atoms. The molecular formula is C11H11ClN2O2. The topological polar surface area (TPSA) is 55.2 Å². The fourth-order valence-electron chi connectivity index (χ4n) is 1.45. The van der Waals surface area contributed by atoms with E-state index < -0.39 is 0 Å². The highest BCUT2D eigenvalue weighted by molar-refractivity contribution is 6.34. The van der Waals surface area contributed by atoms with Crippen molar-refractivity contribution in [3.63, 3.8) is 0 Å². The fraction of sp³-hybridized carbons (Fsp3) is 0.273. The molecule has 0 atom stereocenters. The lowest BCUT2D eigenvalue weighted by atomic mass is 10.2. The van der Waals surface area contributed by atoms with Crippen LogP contribution in [0.3, 0.4) is 0 Å². The third-order valence-electron chi connectivity index (χ3n) is 2.24. The van der Waals surface area contributed by atoms with Gasteiger partial charge in [-0.05, 0) is 18.2 Å². The summed E-state index contributed by atoms with van der Waals surface area (Å²) < 4.78 is 5.10. The highest BCUT2D eigenvalue weighted by Gasteiger charge is 2.06. The second kappa shape index (κ2) is 4.63. The van der Waals surface area contributed by atoms with Crippen LogP contribution in [0.1, 0.15) is 5.82 Å². The fourth-order valence-corrected chi connectivity index (χ4v) is 1.70. The Balaban J connectivity index is 2.57. The van der Waals surface area contributed by atoms with Crippen molar-refractivity contribution in [1.82, 2.24) is 9.97 Å². The van der Waals surface area contributed by atoms with Gasteiger partial charge in [0.2, 0.25) is 0 Å². The summed E-state index contributed by atoms with van der Waals surface area (Å²) in [5.41, 5.74) is 0.754. The van der Waals surface area contributed by atoms with Gasteiger partial charge in [-0.2, -0.15) is 0 Å². The largest absolute Gasteiger partial charge is 0.497 e. The number of aromatic nitrogens is 2.